The van der Waals surface area contributed by atoms with Crippen molar-refractivity contribution in [3.8, 4) is 5.75 Å². The topological polar surface area (TPSA) is 61.3 Å². The molecule has 140 valence electrons. The van der Waals surface area contributed by atoms with Crippen molar-refractivity contribution < 1.29 is 14.3 Å². The smallest absolute Gasteiger partial charge is 0.344 e. The quantitative estimate of drug-likeness (QED) is 0.413. The molecule has 0 radical (unpaired) electrons. The summed E-state index contributed by atoms with van der Waals surface area (Å²) in [5.74, 6) is 0.131. The summed E-state index contributed by atoms with van der Waals surface area (Å²) in [7, 11) is 0. The molecule has 5 nitrogen and oxygen atoms in total. The second kappa shape index (κ2) is 7.94. The van der Waals surface area contributed by atoms with Crippen LogP contribution in [0.4, 0.5) is 0 Å². The number of carbonyl (C=O) groups is 1. The molecule has 3 aromatic carbocycles. The van der Waals surface area contributed by atoms with Crippen molar-refractivity contribution >= 4 is 43.7 Å². The first kappa shape index (κ1) is 18.4. The minimum atomic E-state index is -0.464. The molecule has 1 heterocycles. The van der Waals surface area contributed by atoms with Gasteiger partial charge in [0.2, 0.25) is 0 Å². The second-order valence-corrected chi connectivity index (χ2v) is 7.09. The van der Waals surface area contributed by atoms with Crippen molar-refractivity contribution in [2.24, 2.45) is 0 Å². The number of aromatic nitrogens is 2. The van der Waals surface area contributed by atoms with E-state index in [-0.39, 0.29) is 13.2 Å². The summed E-state index contributed by atoms with van der Waals surface area (Å²) in [6, 6.07) is 19.3. The molecule has 0 aliphatic heterocycles. The molecule has 0 aliphatic rings. The lowest BCUT2D eigenvalue weighted by molar-refractivity contribution is -0.147. The van der Waals surface area contributed by atoms with Crippen molar-refractivity contribution in [1.29, 1.82) is 0 Å². The van der Waals surface area contributed by atoms with E-state index in [1.807, 2.05) is 67.6 Å². The first-order valence-electron chi connectivity index (χ1n) is 8.80. The van der Waals surface area contributed by atoms with Crippen LogP contribution in [0.2, 0.25) is 0 Å². The summed E-state index contributed by atoms with van der Waals surface area (Å²) >= 11 is 3.54. The van der Waals surface area contributed by atoms with Gasteiger partial charge in [0, 0.05) is 0 Å². The van der Waals surface area contributed by atoms with Gasteiger partial charge in [-0.15, -0.1) is 0 Å². The number of para-hydroxylation sites is 2. The number of carbonyl (C=O) groups excluding carboxylic acids is 1. The largest absolute Gasteiger partial charge is 0.481 e. The number of hydrogen-bond acceptors (Lipinski definition) is 5. The highest BCUT2D eigenvalue weighted by Gasteiger charge is 2.11. The Balaban J connectivity index is 1.40. The van der Waals surface area contributed by atoms with Crippen LogP contribution in [0, 0.1) is 6.92 Å². The van der Waals surface area contributed by atoms with E-state index in [2.05, 4.69) is 25.9 Å². The molecule has 0 bridgehead atoms. The Morgan fingerprint density at radius 3 is 2.50 bits per heavy atom. The lowest BCUT2D eigenvalue weighted by Gasteiger charge is -2.11. The van der Waals surface area contributed by atoms with E-state index in [1.54, 1.807) is 0 Å². The predicted molar refractivity (Wildman–Crippen MR) is 111 cm³/mol. The molecule has 0 unspecified atom stereocenters. The fraction of sp³-hybridized carbons (Fsp3) is 0.136. The maximum Gasteiger partial charge on any atom is 0.344 e. The molecule has 4 aromatic rings. The monoisotopic (exact) mass is 436 g/mol. The van der Waals surface area contributed by atoms with Gasteiger partial charge >= 0.3 is 5.97 Å². The minimum absolute atomic E-state index is 0.0603. The number of halogens is 1. The molecule has 4 rings (SSSR count). The summed E-state index contributed by atoms with van der Waals surface area (Å²) in [5.41, 5.74) is 2.97. The second-order valence-electron chi connectivity index (χ2n) is 6.29. The van der Waals surface area contributed by atoms with E-state index in [4.69, 9.17) is 9.47 Å². The zero-order chi connectivity index (χ0) is 19.5. The third kappa shape index (κ3) is 3.82. The summed E-state index contributed by atoms with van der Waals surface area (Å²) in [6.07, 6.45) is 0. The van der Waals surface area contributed by atoms with E-state index < -0.39 is 5.97 Å². The Hall–Kier alpha value is -2.99. The van der Waals surface area contributed by atoms with Crippen LogP contribution in [-0.2, 0) is 16.1 Å². The highest BCUT2D eigenvalue weighted by molar-refractivity contribution is 9.10. The Morgan fingerprint density at radius 2 is 1.68 bits per heavy atom. The summed E-state index contributed by atoms with van der Waals surface area (Å²) in [6.45, 7) is 1.73. The molecule has 0 aliphatic carbocycles. The minimum Gasteiger partial charge on any atom is -0.481 e. The number of rotatable bonds is 5. The maximum atomic E-state index is 12.1. The summed E-state index contributed by atoms with van der Waals surface area (Å²) in [5, 5.41) is 2.12. The molecule has 0 atom stereocenters. The number of nitrogens with zero attached hydrogens (tertiary/aromatic N) is 2. The van der Waals surface area contributed by atoms with Gasteiger partial charge in [0.1, 0.15) is 12.4 Å². The van der Waals surface area contributed by atoms with E-state index in [0.717, 1.165) is 32.0 Å². The van der Waals surface area contributed by atoms with Gasteiger partial charge in [-0.3, -0.25) is 0 Å². The van der Waals surface area contributed by atoms with Crippen LogP contribution in [0.25, 0.3) is 21.8 Å². The van der Waals surface area contributed by atoms with Gasteiger partial charge in [-0.05, 0) is 51.8 Å². The molecule has 0 saturated carbocycles. The molecule has 1 aromatic heterocycles. The Morgan fingerprint density at radius 1 is 0.964 bits per heavy atom. The van der Waals surface area contributed by atoms with Crippen LogP contribution in [-0.4, -0.2) is 22.5 Å². The molecule has 28 heavy (non-hydrogen) atoms. The highest BCUT2D eigenvalue weighted by Crippen LogP contribution is 2.33. The van der Waals surface area contributed by atoms with Gasteiger partial charge in [-0.25, -0.2) is 14.8 Å². The van der Waals surface area contributed by atoms with E-state index >= 15 is 0 Å². The predicted octanol–water partition coefficient (Wildman–Crippen LogP) is 4.98. The highest BCUT2D eigenvalue weighted by atomic mass is 79.9. The molecule has 0 amide bonds. The number of hydrogen-bond donors (Lipinski definition) is 0. The average molecular weight is 437 g/mol. The Bertz CT molecular complexity index is 1160. The fourth-order valence-electron chi connectivity index (χ4n) is 2.91. The number of esters is 1. The van der Waals surface area contributed by atoms with Crippen LogP contribution in [0.5, 0.6) is 5.75 Å². The Kier molecular flexibility index (Phi) is 5.21. The van der Waals surface area contributed by atoms with E-state index in [1.165, 1.54) is 0 Å². The number of ether oxygens (including phenoxy) is 2. The molecule has 6 heteroatoms. The van der Waals surface area contributed by atoms with Crippen molar-refractivity contribution in [3.05, 3.63) is 76.5 Å². The van der Waals surface area contributed by atoms with Gasteiger partial charge in [-0.1, -0.05) is 42.5 Å². The number of aryl methyl sites for hydroxylation is 1. The normalized spacial score (nSPS) is 10.9. The van der Waals surface area contributed by atoms with Crippen LogP contribution >= 0.6 is 15.9 Å². The van der Waals surface area contributed by atoms with Crippen molar-refractivity contribution in [2.45, 2.75) is 13.5 Å². The van der Waals surface area contributed by atoms with Crippen molar-refractivity contribution in [2.75, 3.05) is 6.61 Å². The zero-order valence-corrected chi connectivity index (χ0v) is 16.8. The SMILES string of the molecule is Cc1nc2ccccc2nc1COC(=O)COc1ccc2ccccc2c1Br. The molecule has 0 spiro atoms. The fourth-order valence-corrected chi connectivity index (χ4v) is 3.52. The van der Waals surface area contributed by atoms with Gasteiger partial charge < -0.3 is 9.47 Å². The number of fused-ring (bicyclic) bond motifs is 2. The maximum absolute atomic E-state index is 12.1. The third-order valence-corrected chi connectivity index (χ3v) is 5.20. The lowest BCUT2D eigenvalue weighted by Crippen LogP contribution is -2.16. The van der Waals surface area contributed by atoms with Crippen molar-refractivity contribution in [1.82, 2.24) is 9.97 Å². The lowest BCUT2D eigenvalue weighted by atomic mass is 10.1. The van der Waals surface area contributed by atoms with E-state index in [0.29, 0.717) is 11.4 Å². The first-order chi connectivity index (χ1) is 13.6. The summed E-state index contributed by atoms with van der Waals surface area (Å²) in [4.78, 5) is 21.2. The first-order valence-corrected chi connectivity index (χ1v) is 9.59. The van der Waals surface area contributed by atoms with Crippen LogP contribution < -0.4 is 4.74 Å². The summed E-state index contributed by atoms with van der Waals surface area (Å²) < 4.78 is 11.8. The average Bonchev–Trinajstić information content (AvgIpc) is 2.72. The van der Waals surface area contributed by atoms with Crippen LogP contribution in [0.1, 0.15) is 11.4 Å². The molecule has 0 saturated heterocycles. The molecule has 0 fully saturated rings. The van der Waals surface area contributed by atoms with Gasteiger partial charge in [0.15, 0.2) is 6.61 Å². The van der Waals surface area contributed by atoms with E-state index in [9.17, 15) is 4.79 Å². The Labute approximate surface area is 170 Å². The van der Waals surface area contributed by atoms with Crippen LogP contribution in [0.3, 0.4) is 0 Å². The van der Waals surface area contributed by atoms with Crippen molar-refractivity contribution in [3.63, 3.8) is 0 Å². The van der Waals surface area contributed by atoms with Gasteiger partial charge in [0.25, 0.3) is 0 Å². The molecular weight excluding hydrogens is 420 g/mol. The molecular formula is C22H17BrN2O3. The third-order valence-electron chi connectivity index (χ3n) is 4.39. The molecule has 0 N–H and O–H groups in total. The van der Waals surface area contributed by atoms with Gasteiger partial charge in [0.05, 0.1) is 26.9 Å². The standard InChI is InChI=1S/C22H17BrN2O3/c1-14-19(25-18-9-5-4-8-17(18)24-14)12-28-21(26)13-27-20-11-10-15-6-2-3-7-16(15)22(20)23/h2-11H,12-13H2,1H3. The zero-order valence-electron chi connectivity index (χ0n) is 15.2. The van der Waals surface area contributed by atoms with Crippen LogP contribution in [0.15, 0.2) is 65.1 Å². The van der Waals surface area contributed by atoms with Gasteiger partial charge in [-0.2, -0.15) is 0 Å². The number of benzene rings is 3.